The van der Waals surface area contributed by atoms with Crippen molar-refractivity contribution in [3.63, 3.8) is 0 Å². The maximum atomic E-state index is 12.9. The van der Waals surface area contributed by atoms with Crippen molar-refractivity contribution < 1.29 is 9.53 Å². The molecule has 4 aromatic rings. The number of hydrogen-bond donors (Lipinski definition) is 1. The van der Waals surface area contributed by atoms with E-state index in [-0.39, 0.29) is 5.91 Å². The van der Waals surface area contributed by atoms with Gasteiger partial charge in [-0.3, -0.25) is 14.8 Å². The Labute approximate surface area is 157 Å². The summed E-state index contributed by atoms with van der Waals surface area (Å²) in [5.41, 5.74) is 4.68. The Morgan fingerprint density at radius 2 is 1.93 bits per heavy atom. The number of ether oxygens (including phenoxy) is 1. The van der Waals surface area contributed by atoms with Gasteiger partial charge in [0.25, 0.3) is 5.91 Å². The van der Waals surface area contributed by atoms with Gasteiger partial charge in [0.2, 0.25) is 0 Å². The first-order chi connectivity index (χ1) is 13.1. The fourth-order valence-corrected chi connectivity index (χ4v) is 3.21. The van der Waals surface area contributed by atoms with E-state index >= 15 is 0 Å². The van der Waals surface area contributed by atoms with Crippen LogP contribution in [0, 0.1) is 13.8 Å². The SMILES string of the molecule is COc1ccc(NC(=O)c2cc3ccc(C)cc3nc2C)c2cccnc12. The minimum Gasteiger partial charge on any atom is -0.494 e. The topological polar surface area (TPSA) is 64.1 Å². The van der Waals surface area contributed by atoms with Crippen LogP contribution in [-0.2, 0) is 0 Å². The molecule has 27 heavy (non-hydrogen) atoms. The van der Waals surface area contributed by atoms with Crippen molar-refractivity contribution in [1.29, 1.82) is 0 Å². The lowest BCUT2D eigenvalue weighted by atomic mass is 10.1. The van der Waals surface area contributed by atoms with Gasteiger partial charge in [0.05, 0.1) is 29.6 Å². The first-order valence-corrected chi connectivity index (χ1v) is 8.68. The summed E-state index contributed by atoms with van der Waals surface area (Å²) in [4.78, 5) is 21.9. The van der Waals surface area contributed by atoms with Gasteiger partial charge in [0.15, 0.2) is 0 Å². The van der Waals surface area contributed by atoms with Gasteiger partial charge in [-0.2, -0.15) is 0 Å². The second kappa shape index (κ2) is 6.68. The molecule has 0 saturated heterocycles. The highest BCUT2D eigenvalue weighted by molar-refractivity contribution is 6.11. The molecule has 2 aromatic carbocycles. The number of rotatable bonds is 3. The highest BCUT2D eigenvalue weighted by Gasteiger charge is 2.15. The molecule has 0 atom stereocenters. The van der Waals surface area contributed by atoms with Crippen LogP contribution < -0.4 is 10.1 Å². The lowest BCUT2D eigenvalue weighted by molar-refractivity contribution is 0.102. The number of carbonyl (C=O) groups excluding carboxylic acids is 1. The number of pyridine rings is 2. The van der Waals surface area contributed by atoms with Crippen molar-refractivity contribution in [3.05, 3.63) is 71.5 Å². The second-order valence-corrected chi connectivity index (χ2v) is 6.49. The third kappa shape index (κ3) is 3.08. The lowest BCUT2D eigenvalue weighted by Gasteiger charge is -2.12. The standard InChI is InChI=1S/C22H19N3O2/c1-13-6-7-15-12-17(14(2)24-19(15)11-13)22(26)25-18-8-9-20(27-3)21-16(18)5-4-10-23-21/h4-12H,1-3H3,(H,25,26). The van der Waals surface area contributed by atoms with Gasteiger partial charge < -0.3 is 10.1 Å². The van der Waals surface area contributed by atoms with E-state index in [0.717, 1.165) is 21.9 Å². The van der Waals surface area contributed by atoms with E-state index < -0.39 is 0 Å². The number of benzene rings is 2. The number of anilines is 1. The molecule has 0 fully saturated rings. The van der Waals surface area contributed by atoms with Crippen LogP contribution >= 0.6 is 0 Å². The average molecular weight is 357 g/mol. The third-order valence-electron chi connectivity index (χ3n) is 4.61. The molecule has 5 nitrogen and oxygen atoms in total. The quantitative estimate of drug-likeness (QED) is 0.579. The van der Waals surface area contributed by atoms with Gasteiger partial charge in [-0.1, -0.05) is 12.1 Å². The zero-order valence-electron chi connectivity index (χ0n) is 15.4. The Morgan fingerprint density at radius 1 is 1.07 bits per heavy atom. The number of aryl methyl sites for hydroxylation is 2. The summed E-state index contributed by atoms with van der Waals surface area (Å²) < 4.78 is 5.36. The number of amides is 1. The molecule has 0 aliphatic heterocycles. The zero-order valence-corrected chi connectivity index (χ0v) is 15.4. The molecule has 5 heteroatoms. The molecule has 1 N–H and O–H groups in total. The van der Waals surface area contributed by atoms with Crippen LogP contribution in [-0.4, -0.2) is 23.0 Å². The van der Waals surface area contributed by atoms with Crippen molar-refractivity contribution in [2.75, 3.05) is 12.4 Å². The summed E-state index contributed by atoms with van der Waals surface area (Å²) in [5.74, 6) is 0.473. The van der Waals surface area contributed by atoms with Gasteiger partial charge in [0.1, 0.15) is 11.3 Å². The summed E-state index contributed by atoms with van der Waals surface area (Å²) in [7, 11) is 1.60. The minimum atomic E-state index is -0.196. The van der Waals surface area contributed by atoms with E-state index in [4.69, 9.17) is 4.74 Å². The van der Waals surface area contributed by atoms with Gasteiger partial charge in [-0.05, 0) is 55.8 Å². The van der Waals surface area contributed by atoms with Crippen LogP contribution in [0.3, 0.4) is 0 Å². The zero-order chi connectivity index (χ0) is 19.0. The summed E-state index contributed by atoms with van der Waals surface area (Å²) >= 11 is 0. The first kappa shape index (κ1) is 17.0. The maximum Gasteiger partial charge on any atom is 0.257 e. The number of nitrogens with zero attached hydrogens (tertiary/aromatic N) is 2. The van der Waals surface area contributed by atoms with Crippen molar-refractivity contribution in [1.82, 2.24) is 9.97 Å². The molecule has 0 bridgehead atoms. The summed E-state index contributed by atoms with van der Waals surface area (Å²) in [5, 5.41) is 4.76. The average Bonchev–Trinajstić information content (AvgIpc) is 2.67. The Bertz CT molecular complexity index is 1180. The Morgan fingerprint density at radius 3 is 2.74 bits per heavy atom. The van der Waals surface area contributed by atoms with Crippen molar-refractivity contribution in [3.8, 4) is 5.75 Å². The molecule has 134 valence electrons. The highest BCUT2D eigenvalue weighted by Crippen LogP contribution is 2.30. The number of nitrogens with one attached hydrogen (secondary N) is 1. The van der Waals surface area contributed by atoms with E-state index in [1.54, 1.807) is 19.4 Å². The number of carbonyl (C=O) groups is 1. The molecular weight excluding hydrogens is 338 g/mol. The van der Waals surface area contributed by atoms with Crippen LogP contribution in [0.1, 0.15) is 21.6 Å². The molecule has 0 radical (unpaired) electrons. The monoisotopic (exact) mass is 357 g/mol. The van der Waals surface area contributed by atoms with Gasteiger partial charge in [0, 0.05) is 17.0 Å². The summed E-state index contributed by atoms with van der Waals surface area (Å²) in [6, 6.07) is 15.3. The van der Waals surface area contributed by atoms with Gasteiger partial charge >= 0.3 is 0 Å². The Balaban J connectivity index is 1.75. The summed E-state index contributed by atoms with van der Waals surface area (Å²) in [6.45, 7) is 3.88. The van der Waals surface area contributed by atoms with Crippen LogP contribution in [0.15, 0.2) is 54.7 Å². The largest absolute Gasteiger partial charge is 0.494 e. The first-order valence-electron chi connectivity index (χ1n) is 8.68. The molecule has 0 unspecified atom stereocenters. The van der Waals surface area contributed by atoms with Crippen LogP contribution in [0.4, 0.5) is 5.69 Å². The smallest absolute Gasteiger partial charge is 0.257 e. The molecule has 1 amide bonds. The Hall–Kier alpha value is -3.47. The molecule has 0 aliphatic carbocycles. The molecule has 2 aromatic heterocycles. The molecule has 2 heterocycles. The fraction of sp³-hybridized carbons (Fsp3) is 0.136. The van der Waals surface area contributed by atoms with Crippen molar-refractivity contribution >= 4 is 33.4 Å². The number of fused-ring (bicyclic) bond motifs is 2. The van der Waals surface area contributed by atoms with E-state index in [1.807, 2.05) is 56.3 Å². The second-order valence-electron chi connectivity index (χ2n) is 6.49. The molecular formula is C22H19N3O2. The number of hydrogen-bond acceptors (Lipinski definition) is 4. The minimum absolute atomic E-state index is 0.196. The van der Waals surface area contributed by atoms with Crippen LogP contribution in [0.5, 0.6) is 5.75 Å². The predicted molar refractivity (Wildman–Crippen MR) is 107 cm³/mol. The lowest BCUT2D eigenvalue weighted by Crippen LogP contribution is -2.14. The predicted octanol–water partition coefficient (Wildman–Crippen LogP) is 4.66. The van der Waals surface area contributed by atoms with Crippen LogP contribution in [0.25, 0.3) is 21.8 Å². The fourth-order valence-electron chi connectivity index (χ4n) is 3.21. The molecule has 0 spiro atoms. The molecule has 0 saturated carbocycles. The Kier molecular flexibility index (Phi) is 4.20. The third-order valence-corrected chi connectivity index (χ3v) is 4.61. The van der Waals surface area contributed by atoms with Crippen molar-refractivity contribution in [2.24, 2.45) is 0 Å². The van der Waals surface area contributed by atoms with Gasteiger partial charge in [-0.25, -0.2) is 0 Å². The van der Waals surface area contributed by atoms with E-state index in [2.05, 4.69) is 15.3 Å². The molecule has 0 aliphatic rings. The van der Waals surface area contributed by atoms with E-state index in [0.29, 0.717) is 28.2 Å². The summed E-state index contributed by atoms with van der Waals surface area (Å²) in [6.07, 6.45) is 1.70. The van der Waals surface area contributed by atoms with Gasteiger partial charge in [-0.15, -0.1) is 0 Å². The number of aromatic nitrogens is 2. The van der Waals surface area contributed by atoms with E-state index in [9.17, 15) is 4.79 Å². The number of methoxy groups -OCH3 is 1. The van der Waals surface area contributed by atoms with Crippen molar-refractivity contribution in [2.45, 2.75) is 13.8 Å². The highest BCUT2D eigenvalue weighted by atomic mass is 16.5. The van der Waals surface area contributed by atoms with Crippen LogP contribution in [0.2, 0.25) is 0 Å². The normalized spacial score (nSPS) is 10.9. The van der Waals surface area contributed by atoms with E-state index in [1.165, 1.54) is 0 Å². The maximum absolute atomic E-state index is 12.9. The molecule has 4 rings (SSSR count).